The Balaban J connectivity index is 1.44. The maximum absolute atomic E-state index is 12.1. The first kappa shape index (κ1) is 17.9. The zero-order valence-corrected chi connectivity index (χ0v) is 14.7. The lowest BCUT2D eigenvalue weighted by atomic mass is 10.1. The molecule has 0 aliphatic carbocycles. The lowest BCUT2D eigenvalue weighted by Crippen LogP contribution is -2.39. The average Bonchev–Trinajstić information content (AvgIpc) is 2.97. The molecule has 8 nitrogen and oxygen atoms in total. The predicted octanol–water partition coefficient (Wildman–Crippen LogP) is 0.551. The summed E-state index contributed by atoms with van der Waals surface area (Å²) in [6, 6.07) is 8.13. The number of aromatic nitrogens is 2. The Morgan fingerprint density at radius 1 is 1.31 bits per heavy atom. The van der Waals surface area contributed by atoms with E-state index in [1.807, 2.05) is 18.2 Å². The summed E-state index contributed by atoms with van der Waals surface area (Å²) in [4.78, 5) is 23.4. The molecule has 26 heavy (non-hydrogen) atoms. The van der Waals surface area contributed by atoms with Crippen LogP contribution in [0.5, 0.6) is 5.75 Å². The molecule has 3 rings (SSSR count). The van der Waals surface area contributed by atoms with Crippen LogP contribution in [0.15, 0.2) is 36.7 Å². The van der Waals surface area contributed by atoms with Crippen molar-refractivity contribution in [1.82, 2.24) is 20.4 Å². The van der Waals surface area contributed by atoms with Crippen LogP contribution in [0.3, 0.4) is 0 Å². The number of para-hydroxylation sites is 1. The fraction of sp³-hybridized carbons (Fsp3) is 0.389. The van der Waals surface area contributed by atoms with Gasteiger partial charge < -0.3 is 20.7 Å². The molecule has 1 unspecified atom stereocenters. The van der Waals surface area contributed by atoms with E-state index < -0.39 is 0 Å². The van der Waals surface area contributed by atoms with E-state index in [1.54, 1.807) is 13.2 Å². The van der Waals surface area contributed by atoms with Crippen LogP contribution in [0.25, 0.3) is 0 Å². The number of benzene rings is 1. The molecular formula is C18H23N5O3. The van der Waals surface area contributed by atoms with Gasteiger partial charge in [0.25, 0.3) is 0 Å². The Kier molecular flexibility index (Phi) is 5.85. The first-order valence-corrected chi connectivity index (χ1v) is 8.61. The van der Waals surface area contributed by atoms with Gasteiger partial charge >= 0.3 is 0 Å². The highest BCUT2D eigenvalue weighted by Crippen LogP contribution is 2.23. The van der Waals surface area contributed by atoms with Gasteiger partial charge in [0.1, 0.15) is 18.9 Å². The number of likely N-dealkylation sites (N-methyl/N-ethyl adjacent to an activating group) is 1. The van der Waals surface area contributed by atoms with Crippen LogP contribution in [0.4, 0.5) is 5.69 Å². The summed E-state index contributed by atoms with van der Waals surface area (Å²) < 4.78 is 7.29. The molecular weight excluding hydrogens is 334 g/mol. The third-order valence-electron chi connectivity index (χ3n) is 4.23. The molecule has 0 spiro atoms. The highest BCUT2D eigenvalue weighted by atomic mass is 16.5. The van der Waals surface area contributed by atoms with Gasteiger partial charge in [0.2, 0.25) is 11.8 Å². The minimum atomic E-state index is -0.161. The fourth-order valence-corrected chi connectivity index (χ4v) is 2.80. The zero-order chi connectivity index (χ0) is 18.4. The van der Waals surface area contributed by atoms with Gasteiger partial charge in [0, 0.05) is 19.3 Å². The summed E-state index contributed by atoms with van der Waals surface area (Å²) in [6.45, 7) is 0.837. The quantitative estimate of drug-likeness (QED) is 0.702. The van der Waals surface area contributed by atoms with Gasteiger partial charge in [-0.05, 0) is 24.5 Å². The monoisotopic (exact) mass is 357 g/mol. The second-order valence-corrected chi connectivity index (χ2v) is 6.18. The molecule has 2 heterocycles. The van der Waals surface area contributed by atoms with Crippen molar-refractivity contribution < 1.29 is 14.3 Å². The average molecular weight is 357 g/mol. The molecule has 0 fully saturated rings. The van der Waals surface area contributed by atoms with Crippen LogP contribution in [0.1, 0.15) is 12.0 Å². The molecule has 0 radical (unpaired) electrons. The molecule has 0 saturated heterocycles. The fourth-order valence-electron chi connectivity index (χ4n) is 2.80. The van der Waals surface area contributed by atoms with Crippen LogP contribution in [-0.4, -0.2) is 47.8 Å². The Morgan fingerprint density at radius 2 is 2.15 bits per heavy atom. The van der Waals surface area contributed by atoms with Crippen molar-refractivity contribution in [2.45, 2.75) is 25.4 Å². The first-order valence-electron chi connectivity index (χ1n) is 8.61. The molecule has 1 aliphatic heterocycles. The molecule has 138 valence electrons. The SMILES string of the molecule is CNC(=O)Cn1cc(NC(=O)CNC2CCc3ccccc3OC2)cn1. The van der Waals surface area contributed by atoms with Crippen LogP contribution in [-0.2, 0) is 22.6 Å². The Bertz CT molecular complexity index is 747. The van der Waals surface area contributed by atoms with Crippen LogP contribution in [0, 0.1) is 0 Å². The van der Waals surface area contributed by atoms with E-state index in [0.29, 0.717) is 12.3 Å². The molecule has 1 aliphatic rings. The summed E-state index contributed by atoms with van der Waals surface area (Å²) in [5.41, 5.74) is 1.76. The van der Waals surface area contributed by atoms with Gasteiger partial charge in [-0.1, -0.05) is 18.2 Å². The van der Waals surface area contributed by atoms with E-state index in [4.69, 9.17) is 4.74 Å². The van der Waals surface area contributed by atoms with Crippen LogP contribution >= 0.6 is 0 Å². The van der Waals surface area contributed by atoms with Crippen LogP contribution < -0.4 is 20.7 Å². The summed E-state index contributed by atoms with van der Waals surface area (Å²) in [7, 11) is 1.57. The van der Waals surface area contributed by atoms with Crippen molar-refractivity contribution in [2.75, 3.05) is 25.5 Å². The zero-order valence-electron chi connectivity index (χ0n) is 14.7. The summed E-state index contributed by atoms with van der Waals surface area (Å²) in [5.74, 6) is 0.609. The maximum atomic E-state index is 12.1. The summed E-state index contributed by atoms with van der Waals surface area (Å²) in [6.07, 6.45) is 4.97. The Morgan fingerprint density at radius 3 is 3.00 bits per heavy atom. The number of hydrogen-bond acceptors (Lipinski definition) is 5. The van der Waals surface area contributed by atoms with Crippen molar-refractivity contribution in [3.05, 3.63) is 42.2 Å². The van der Waals surface area contributed by atoms with Crippen LogP contribution in [0.2, 0.25) is 0 Å². The maximum Gasteiger partial charge on any atom is 0.241 e. The van der Waals surface area contributed by atoms with Crippen molar-refractivity contribution in [2.24, 2.45) is 0 Å². The lowest BCUT2D eigenvalue weighted by Gasteiger charge is -2.15. The molecule has 2 amide bonds. The van der Waals surface area contributed by atoms with Gasteiger partial charge in [-0.15, -0.1) is 0 Å². The highest BCUT2D eigenvalue weighted by molar-refractivity contribution is 5.92. The van der Waals surface area contributed by atoms with E-state index in [1.165, 1.54) is 16.4 Å². The number of ether oxygens (including phenoxy) is 1. The van der Waals surface area contributed by atoms with E-state index >= 15 is 0 Å². The van der Waals surface area contributed by atoms with Gasteiger partial charge in [0.15, 0.2) is 0 Å². The number of carbonyl (C=O) groups excluding carboxylic acids is 2. The number of anilines is 1. The standard InChI is InChI=1S/C18H23N5O3/c1-19-18(25)11-23-10-15(8-21-23)22-17(24)9-20-14-7-6-13-4-2-3-5-16(13)26-12-14/h2-5,8,10,14,20H,6-7,9,11-12H2,1H3,(H,19,25)(H,22,24). The number of fused-ring (bicyclic) bond motifs is 1. The first-order chi connectivity index (χ1) is 12.6. The molecule has 1 aromatic heterocycles. The summed E-state index contributed by atoms with van der Waals surface area (Å²) >= 11 is 0. The molecule has 1 aromatic carbocycles. The molecule has 2 aromatic rings. The number of hydrogen-bond donors (Lipinski definition) is 3. The number of aryl methyl sites for hydroxylation is 1. The minimum absolute atomic E-state index is 0.115. The molecule has 0 saturated carbocycles. The van der Waals surface area contributed by atoms with Crippen molar-refractivity contribution in [3.8, 4) is 5.75 Å². The molecule has 1 atom stereocenters. The van der Waals surface area contributed by atoms with E-state index in [2.05, 4.69) is 27.1 Å². The molecule has 0 bridgehead atoms. The number of nitrogens with zero attached hydrogens (tertiary/aromatic N) is 2. The van der Waals surface area contributed by atoms with Crippen molar-refractivity contribution in [3.63, 3.8) is 0 Å². The van der Waals surface area contributed by atoms with E-state index in [9.17, 15) is 9.59 Å². The number of nitrogens with one attached hydrogen (secondary N) is 3. The van der Waals surface area contributed by atoms with E-state index in [-0.39, 0.29) is 30.9 Å². The van der Waals surface area contributed by atoms with E-state index in [0.717, 1.165) is 18.6 Å². The number of rotatable bonds is 6. The third-order valence-corrected chi connectivity index (χ3v) is 4.23. The minimum Gasteiger partial charge on any atom is -0.492 e. The Labute approximate surface area is 151 Å². The normalized spacial score (nSPS) is 16.1. The number of amides is 2. The third kappa shape index (κ3) is 4.82. The van der Waals surface area contributed by atoms with Gasteiger partial charge in [0.05, 0.1) is 18.4 Å². The van der Waals surface area contributed by atoms with Gasteiger partial charge in [-0.3, -0.25) is 14.3 Å². The highest BCUT2D eigenvalue weighted by Gasteiger charge is 2.17. The number of carbonyl (C=O) groups is 2. The topological polar surface area (TPSA) is 97.3 Å². The lowest BCUT2D eigenvalue weighted by molar-refractivity contribution is -0.121. The van der Waals surface area contributed by atoms with Crippen molar-refractivity contribution in [1.29, 1.82) is 0 Å². The predicted molar refractivity (Wildman–Crippen MR) is 97.0 cm³/mol. The molecule has 3 N–H and O–H groups in total. The van der Waals surface area contributed by atoms with Gasteiger partial charge in [-0.2, -0.15) is 5.10 Å². The van der Waals surface area contributed by atoms with Crippen molar-refractivity contribution >= 4 is 17.5 Å². The molecule has 8 heteroatoms. The Hall–Kier alpha value is -2.87. The largest absolute Gasteiger partial charge is 0.492 e. The van der Waals surface area contributed by atoms with Gasteiger partial charge in [-0.25, -0.2) is 0 Å². The second-order valence-electron chi connectivity index (χ2n) is 6.18. The summed E-state index contributed by atoms with van der Waals surface area (Å²) in [5, 5.41) is 12.6. The smallest absolute Gasteiger partial charge is 0.241 e. The second kappa shape index (κ2) is 8.48.